The molecule has 1 saturated heterocycles. The molecule has 0 aromatic rings. The van der Waals surface area contributed by atoms with Crippen molar-refractivity contribution >= 4 is 24.2 Å². The average molecular weight is 276 g/mol. The third kappa shape index (κ3) is 5.06. The summed E-state index contributed by atoms with van der Waals surface area (Å²) in [5, 5.41) is 5.62. The van der Waals surface area contributed by atoms with Crippen molar-refractivity contribution in [3.05, 3.63) is 12.7 Å². The van der Waals surface area contributed by atoms with E-state index in [4.69, 9.17) is 0 Å². The highest BCUT2D eigenvalue weighted by atomic mass is 35.5. The SMILES string of the molecule is C=CCCCN1CCNC(CC(=O)NC)C1=O.Cl. The zero-order valence-electron chi connectivity index (χ0n) is 10.8. The molecule has 5 nitrogen and oxygen atoms in total. The molecule has 6 heteroatoms. The van der Waals surface area contributed by atoms with Crippen LogP contribution in [0.1, 0.15) is 19.3 Å². The predicted octanol–water partition coefficient (Wildman–Crippen LogP) is 0.311. The molecule has 0 aromatic heterocycles. The zero-order valence-corrected chi connectivity index (χ0v) is 11.6. The molecule has 104 valence electrons. The molecule has 0 radical (unpaired) electrons. The van der Waals surface area contributed by atoms with E-state index in [1.54, 1.807) is 7.05 Å². The van der Waals surface area contributed by atoms with Gasteiger partial charge in [0.15, 0.2) is 0 Å². The van der Waals surface area contributed by atoms with Crippen LogP contribution in [0.5, 0.6) is 0 Å². The molecule has 1 aliphatic rings. The number of allylic oxidation sites excluding steroid dienone is 1. The smallest absolute Gasteiger partial charge is 0.240 e. The summed E-state index contributed by atoms with van der Waals surface area (Å²) in [7, 11) is 1.58. The predicted molar refractivity (Wildman–Crippen MR) is 73.7 cm³/mol. The molecule has 1 atom stereocenters. The van der Waals surface area contributed by atoms with Crippen molar-refractivity contribution in [3.8, 4) is 0 Å². The largest absolute Gasteiger partial charge is 0.359 e. The van der Waals surface area contributed by atoms with Crippen LogP contribution < -0.4 is 10.6 Å². The summed E-state index contributed by atoms with van der Waals surface area (Å²) >= 11 is 0. The van der Waals surface area contributed by atoms with Crippen molar-refractivity contribution in [3.63, 3.8) is 0 Å². The molecule has 0 spiro atoms. The molecule has 1 aliphatic heterocycles. The topological polar surface area (TPSA) is 61.4 Å². The standard InChI is InChI=1S/C12H21N3O2.ClH/c1-3-4-5-7-15-8-6-14-10(12(15)17)9-11(16)13-2;/h3,10,14H,1,4-9H2,2H3,(H,13,16);1H. The summed E-state index contributed by atoms with van der Waals surface area (Å²) < 4.78 is 0. The van der Waals surface area contributed by atoms with E-state index in [9.17, 15) is 9.59 Å². The van der Waals surface area contributed by atoms with Crippen LogP contribution in [-0.2, 0) is 9.59 Å². The van der Waals surface area contributed by atoms with Crippen LogP contribution in [-0.4, -0.2) is 49.4 Å². The lowest BCUT2D eigenvalue weighted by Gasteiger charge is -2.32. The third-order valence-corrected chi connectivity index (χ3v) is 2.89. The van der Waals surface area contributed by atoms with Gasteiger partial charge in [-0.1, -0.05) is 6.08 Å². The van der Waals surface area contributed by atoms with Crippen LogP contribution in [0.15, 0.2) is 12.7 Å². The minimum atomic E-state index is -0.368. The lowest BCUT2D eigenvalue weighted by atomic mass is 10.1. The molecular weight excluding hydrogens is 254 g/mol. The highest BCUT2D eigenvalue weighted by Crippen LogP contribution is 2.06. The number of carbonyl (C=O) groups excluding carboxylic acids is 2. The van der Waals surface area contributed by atoms with Crippen LogP contribution >= 0.6 is 12.4 Å². The Balaban J connectivity index is 0.00000289. The Labute approximate surface area is 114 Å². The van der Waals surface area contributed by atoms with Crippen molar-refractivity contribution < 1.29 is 9.59 Å². The van der Waals surface area contributed by atoms with E-state index in [1.807, 2.05) is 11.0 Å². The van der Waals surface area contributed by atoms with E-state index in [-0.39, 0.29) is 36.7 Å². The number of piperazine rings is 1. The highest BCUT2D eigenvalue weighted by molar-refractivity contribution is 5.88. The lowest BCUT2D eigenvalue weighted by molar-refractivity contribution is -0.138. The summed E-state index contributed by atoms with van der Waals surface area (Å²) in [5.41, 5.74) is 0. The van der Waals surface area contributed by atoms with Gasteiger partial charge in [-0.05, 0) is 12.8 Å². The van der Waals surface area contributed by atoms with Gasteiger partial charge in [-0.25, -0.2) is 0 Å². The molecule has 0 aromatic carbocycles. The molecule has 1 rings (SSSR count). The number of amides is 2. The number of nitrogens with zero attached hydrogens (tertiary/aromatic N) is 1. The minimum absolute atomic E-state index is 0. The quantitative estimate of drug-likeness (QED) is 0.542. The first-order valence-corrected chi connectivity index (χ1v) is 6.02. The van der Waals surface area contributed by atoms with Gasteiger partial charge >= 0.3 is 0 Å². The maximum absolute atomic E-state index is 12.0. The Hall–Kier alpha value is -1.07. The molecule has 0 saturated carbocycles. The second-order valence-corrected chi connectivity index (χ2v) is 4.14. The molecule has 2 amide bonds. The Morgan fingerprint density at radius 3 is 3.00 bits per heavy atom. The monoisotopic (exact) mass is 275 g/mol. The number of hydrogen-bond donors (Lipinski definition) is 2. The molecule has 1 unspecified atom stereocenters. The third-order valence-electron chi connectivity index (χ3n) is 2.89. The van der Waals surface area contributed by atoms with Gasteiger partial charge in [0.05, 0.1) is 12.5 Å². The zero-order chi connectivity index (χ0) is 12.7. The van der Waals surface area contributed by atoms with Crippen LogP contribution in [0.25, 0.3) is 0 Å². The van der Waals surface area contributed by atoms with Gasteiger partial charge in [-0.15, -0.1) is 19.0 Å². The summed E-state index contributed by atoms with van der Waals surface area (Å²) in [6, 6.07) is -0.368. The Bertz CT molecular complexity index is 297. The molecule has 1 heterocycles. The molecule has 0 bridgehead atoms. The van der Waals surface area contributed by atoms with E-state index in [0.717, 1.165) is 32.5 Å². The van der Waals surface area contributed by atoms with Gasteiger partial charge in [-0.3, -0.25) is 9.59 Å². The fraction of sp³-hybridized carbons (Fsp3) is 0.667. The number of carbonyl (C=O) groups is 2. The lowest BCUT2D eigenvalue weighted by Crippen LogP contribution is -2.56. The molecule has 2 N–H and O–H groups in total. The molecule has 18 heavy (non-hydrogen) atoms. The highest BCUT2D eigenvalue weighted by Gasteiger charge is 2.29. The number of nitrogens with one attached hydrogen (secondary N) is 2. The maximum Gasteiger partial charge on any atom is 0.240 e. The summed E-state index contributed by atoms with van der Waals surface area (Å²) in [5.74, 6) is -0.0762. The molecular formula is C12H22ClN3O2. The van der Waals surface area contributed by atoms with Crippen LogP contribution in [0.2, 0.25) is 0 Å². The van der Waals surface area contributed by atoms with Crippen molar-refractivity contribution in [1.29, 1.82) is 0 Å². The number of rotatable bonds is 6. The normalized spacial score (nSPS) is 19.1. The maximum atomic E-state index is 12.0. The van der Waals surface area contributed by atoms with Crippen molar-refractivity contribution in [2.75, 3.05) is 26.7 Å². The van der Waals surface area contributed by atoms with E-state index < -0.39 is 0 Å². The Kier molecular flexibility index (Phi) is 8.41. The van der Waals surface area contributed by atoms with Gasteiger partial charge in [0.25, 0.3) is 0 Å². The van der Waals surface area contributed by atoms with Crippen LogP contribution in [0, 0.1) is 0 Å². The number of hydrogen-bond acceptors (Lipinski definition) is 3. The summed E-state index contributed by atoms with van der Waals surface area (Å²) in [6.07, 6.45) is 3.92. The molecule has 1 fully saturated rings. The number of halogens is 1. The number of unbranched alkanes of at least 4 members (excludes halogenated alkanes) is 1. The second-order valence-electron chi connectivity index (χ2n) is 4.14. The first-order valence-electron chi connectivity index (χ1n) is 6.02. The van der Waals surface area contributed by atoms with Gasteiger partial charge < -0.3 is 15.5 Å². The van der Waals surface area contributed by atoms with Crippen molar-refractivity contribution in [1.82, 2.24) is 15.5 Å². The average Bonchev–Trinajstić information content (AvgIpc) is 2.34. The first kappa shape index (κ1) is 16.9. The van der Waals surface area contributed by atoms with Gasteiger partial charge in [-0.2, -0.15) is 0 Å². The van der Waals surface area contributed by atoms with Crippen molar-refractivity contribution in [2.45, 2.75) is 25.3 Å². The fourth-order valence-electron chi connectivity index (χ4n) is 1.89. The Morgan fingerprint density at radius 1 is 1.67 bits per heavy atom. The van der Waals surface area contributed by atoms with E-state index in [0.29, 0.717) is 0 Å². The van der Waals surface area contributed by atoms with E-state index in [2.05, 4.69) is 17.2 Å². The van der Waals surface area contributed by atoms with E-state index >= 15 is 0 Å². The van der Waals surface area contributed by atoms with Gasteiger partial charge in [0.2, 0.25) is 11.8 Å². The molecule has 0 aliphatic carbocycles. The Morgan fingerprint density at radius 2 is 2.39 bits per heavy atom. The first-order chi connectivity index (χ1) is 8.19. The van der Waals surface area contributed by atoms with E-state index in [1.165, 1.54) is 0 Å². The van der Waals surface area contributed by atoms with Crippen LogP contribution in [0.4, 0.5) is 0 Å². The second kappa shape index (κ2) is 8.94. The van der Waals surface area contributed by atoms with Crippen LogP contribution in [0.3, 0.4) is 0 Å². The minimum Gasteiger partial charge on any atom is -0.359 e. The van der Waals surface area contributed by atoms with Gasteiger partial charge in [0, 0.05) is 26.7 Å². The summed E-state index contributed by atoms with van der Waals surface area (Å²) in [4.78, 5) is 25.1. The fourth-order valence-corrected chi connectivity index (χ4v) is 1.89. The van der Waals surface area contributed by atoms with Crippen molar-refractivity contribution in [2.24, 2.45) is 0 Å². The summed E-state index contributed by atoms with van der Waals surface area (Å²) in [6.45, 7) is 5.88. The van der Waals surface area contributed by atoms with Gasteiger partial charge in [0.1, 0.15) is 0 Å².